The summed E-state index contributed by atoms with van der Waals surface area (Å²) >= 11 is 0. The summed E-state index contributed by atoms with van der Waals surface area (Å²) in [4.78, 5) is 0. The van der Waals surface area contributed by atoms with Gasteiger partial charge in [-0.05, 0) is 19.5 Å². The summed E-state index contributed by atoms with van der Waals surface area (Å²) < 4.78 is 0. The summed E-state index contributed by atoms with van der Waals surface area (Å²) in [5.74, 6) is 0.542. The molecule has 0 aromatic carbocycles. The maximum Gasteiger partial charge on any atom is 0.0625 e. The Morgan fingerprint density at radius 3 is 2.67 bits per heavy atom. The molecule has 0 rings (SSSR count). The van der Waals surface area contributed by atoms with Gasteiger partial charge in [0.1, 0.15) is 0 Å². The number of hydrogen-bond donors (Lipinski definition) is 1. The lowest BCUT2D eigenvalue weighted by Gasteiger charge is -2.07. The van der Waals surface area contributed by atoms with Gasteiger partial charge in [-0.2, -0.15) is 5.26 Å². The van der Waals surface area contributed by atoms with Gasteiger partial charge in [0.05, 0.1) is 6.07 Å². The predicted octanol–water partition coefficient (Wildman–Crippen LogP) is 1.15. The van der Waals surface area contributed by atoms with Gasteiger partial charge < -0.3 is 5.32 Å². The van der Waals surface area contributed by atoms with Crippen LogP contribution in [0.4, 0.5) is 0 Å². The Labute approximate surface area is 56.9 Å². The van der Waals surface area contributed by atoms with Gasteiger partial charge >= 0.3 is 0 Å². The number of rotatable bonds is 4. The summed E-state index contributed by atoms with van der Waals surface area (Å²) in [5, 5.41) is 11.4. The largest absolute Gasteiger partial charge is 0.319 e. The Hall–Kier alpha value is -0.550. The molecular formula is C7H14N2. The number of nitriles is 1. The van der Waals surface area contributed by atoms with Gasteiger partial charge in [-0.3, -0.25) is 0 Å². The molecule has 1 atom stereocenters. The minimum absolute atomic E-state index is 0.542. The van der Waals surface area contributed by atoms with Crippen molar-refractivity contribution in [2.75, 3.05) is 13.6 Å². The van der Waals surface area contributed by atoms with Crippen LogP contribution in [0.1, 0.15) is 19.8 Å². The van der Waals surface area contributed by atoms with Crippen LogP contribution in [0.3, 0.4) is 0 Å². The zero-order valence-electron chi connectivity index (χ0n) is 6.15. The molecule has 0 bridgehead atoms. The molecule has 0 saturated carbocycles. The molecule has 1 unspecified atom stereocenters. The quantitative estimate of drug-likeness (QED) is 0.613. The van der Waals surface area contributed by atoms with Crippen LogP contribution in [-0.2, 0) is 0 Å². The Bertz CT molecular complexity index is 93.6. The van der Waals surface area contributed by atoms with Crippen molar-refractivity contribution in [3.63, 3.8) is 0 Å². The molecule has 0 fully saturated rings. The van der Waals surface area contributed by atoms with E-state index >= 15 is 0 Å². The molecule has 0 saturated heterocycles. The minimum Gasteiger partial charge on any atom is -0.319 e. The van der Waals surface area contributed by atoms with Crippen LogP contribution in [0, 0.1) is 17.2 Å². The maximum atomic E-state index is 8.32. The van der Waals surface area contributed by atoms with E-state index in [2.05, 4.69) is 18.3 Å². The van der Waals surface area contributed by atoms with Crippen LogP contribution >= 0.6 is 0 Å². The third kappa shape index (κ3) is 3.99. The average Bonchev–Trinajstić information content (AvgIpc) is 1.88. The van der Waals surface area contributed by atoms with E-state index in [4.69, 9.17) is 5.26 Å². The molecule has 0 aromatic heterocycles. The monoisotopic (exact) mass is 126 g/mol. The molecule has 0 radical (unpaired) electrons. The standard InChI is InChI=1S/C7H14N2/c1-3-7(4-5-8)6-9-2/h7,9H,3-4,6H2,1-2H3. The zero-order chi connectivity index (χ0) is 7.11. The number of nitrogens with one attached hydrogen (secondary N) is 1. The van der Waals surface area contributed by atoms with Crippen LogP contribution in [0.25, 0.3) is 0 Å². The lowest BCUT2D eigenvalue weighted by molar-refractivity contribution is 0.493. The fourth-order valence-corrected chi connectivity index (χ4v) is 0.779. The van der Waals surface area contributed by atoms with E-state index < -0.39 is 0 Å². The Morgan fingerprint density at radius 2 is 2.33 bits per heavy atom. The van der Waals surface area contributed by atoms with E-state index in [0.29, 0.717) is 12.3 Å². The van der Waals surface area contributed by atoms with Gasteiger partial charge in [0.2, 0.25) is 0 Å². The van der Waals surface area contributed by atoms with Crippen molar-refractivity contribution in [2.24, 2.45) is 5.92 Å². The van der Waals surface area contributed by atoms with Crippen molar-refractivity contribution in [1.29, 1.82) is 5.26 Å². The molecular weight excluding hydrogens is 112 g/mol. The summed E-state index contributed by atoms with van der Waals surface area (Å²) in [6.07, 6.45) is 1.77. The third-order valence-corrected chi connectivity index (χ3v) is 1.45. The second-order valence-electron chi connectivity index (χ2n) is 2.19. The van der Waals surface area contributed by atoms with E-state index in [1.165, 1.54) is 0 Å². The molecule has 2 heteroatoms. The fourth-order valence-electron chi connectivity index (χ4n) is 0.779. The number of nitrogens with zero attached hydrogens (tertiary/aromatic N) is 1. The molecule has 0 aliphatic heterocycles. The Morgan fingerprint density at radius 1 is 1.67 bits per heavy atom. The van der Waals surface area contributed by atoms with Gasteiger partial charge in [0.15, 0.2) is 0 Å². The summed E-state index contributed by atoms with van der Waals surface area (Å²) in [6.45, 7) is 3.07. The first-order valence-corrected chi connectivity index (χ1v) is 3.36. The second kappa shape index (κ2) is 5.58. The van der Waals surface area contributed by atoms with Crippen LogP contribution in [-0.4, -0.2) is 13.6 Å². The van der Waals surface area contributed by atoms with Crippen molar-refractivity contribution >= 4 is 0 Å². The van der Waals surface area contributed by atoms with E-state index in [-0.39, 0.29) is 0 Å². The highest BCUT2D eigenvalue weighted by molar-refractivity contribution is 4.75. The molecule has 0 amide bonds. The molecule has 0 aliphatic rings. The highest BCUT2D eigenvalue weighted by atomic mass is 14.8. The highest BCUT2D eigenvalue weighted by Crippen LogP contribution is 2.04. The molecule has 0 aliphatic carbocycles. The first kappa shape index (κ1) is 8.45. The van der Waals surface area contributed by atoms with Crippen molar-refractivity contribution < 1.29 is 0 Å². The van der Waals surface area contributed by atoms with Crippen LogP contribution < -0.4 is 5.32 Å². The van der Waals surface area contributed by atoms with Gasteiger partial charge in [0, 0.05) is 6.42 Å². The Kier molecular flexibility index (Phi) is 5.24. The SMILES string of the molecule is CCC(CC#N)CNC. The van der Waals surface area contributed by atoms with Crippen molar-refractivity contribution in [3.05, 3.63) is 0 Å². The van der Waals surface area contributed by atoms with E-state index in [1.807, 2.05) is 7.05 Å². The topological polar surface area (TPSA) is 35.8 Å². The van der Waals surface area contributed by atoms with Crippen LogP contribution in [0.5, 0.6) is 0 Å². The van der Waals surface area contributed by atoms with Gasteiger partial charge in [-0.1, -0.05) is 13.3 Å². The third-order valence-electron chi connectivity index (χ3n) is 1.45. The first-order chi connectivity index (χ1) is 4.35. The van der Waals surface area contributed by atoms with E-state index in [0.717, 1.165) is 13.0 Å². The van der Waals surface area contributed by atoms with Crippen LogP contribution in [0.2, 0.25) is 0 Å². The molecule has 1 N–H and O–H groups in total. The van der Waals surface area contributed by atoms with Gasteiger partial charge in [-0.25, -0.2) is 0 Å². The molecule has 0 aromatic rings. The number of hydrogen-bond acceptors (Lipinski definition) is 2. The normalized spacial score (nSPS) is 12.6. The van der Waals surface area contributed by atoms with Crippen molar-refractivity contribution in [3.8, 4) is 6.07 Å². The van der Waals surface area contributed by atoms with Gasteiger partial charge in [0.25, 0.3) is 0 Å². The Balaban J connectivity index is 3.32. The predicted molar refractivity (Wildman–Crippen MR) is 37.9 cm³/mol. The molecule has 2 nitrogen and oxygen atoms in total. The van der Waals surface area contributed by atoms with E-state index in [9.17, 15) is 0 Å². The lowest BCUT2D eigenvalue weighted by Crippen LogP contribution is -2.17. The smallest absolute Gasteiger partial charge is 0.0625 e. The molecule has 0 spiro atoms. The molecule has 0 heterocycles. The summed E-state index contributed by atoms with van der Waals surface area (Å²) in [6, 6.07) is 2.16. The molecule has 9 heavy (non-hydrogen) atoms. The van der Waals surface area contributed by atoms with Gasteiger partial charge in [-0.15, -0.1) is 0 Å². The van der Waals surface area contributed by atoms with Crippen LogP contribution in [0.15, 0.2) is 0 Å². The summed E-state index contributed by atoms with van der Waals surface area (Å²) in [7, 11) is 1.92. The first-order valence-electron chi connectivity index (χ1n) is 3.36. The van der Waals surface area contributed by atoms with Crippen molar-refractivity contribution in [2.45, 2.75) is 19.8 Å². The molecule has 52 valence electrons. The summed E-state index contributed by atoms with van der Waals surface area (Å²) in [5.41, 5.74) is 0. The van der Waals surface area contributed by atoms with E-state index in [1.54, 1.807) is 0 Å². The zero-order valence-corrected chi connectivity index (χ0v) is 6.15. The highest BCUT2D eigenvalue weighted by Gasteiger charge is 2.01. The van der Waals surface area contributed by atoms with Crippen molar-refractivity contribution in [1.82, 2.24) is 5.32 Å². The maximum absolute atomic E-state index is 8.32. The fraction of sp³-hybridized carbons (Fsp3) is 0.857. The minimum atomic E-state index is 0.542. The average molecular weight is 126 g/mol. The second-order valence-corrected chi connectivity index (χ2v) is 2.19. The lowest BCUT2D eigenvalue weighted by atomic mass is 10.0.